The number of hydrogen-bond acceptors (Lipinski definition) is 4. The number of nitrogens with one attached hydrogen (secondary N) is 2. The Balaban J connectivity index is 0.00000324. The zero-order chi connectivity index (χ0) is 13.6. The van der Waals surface area contributed by atoms with Crippen LogP contribution in [0, 0.1) is 5.41 Å². The van der Waals surface area contributed by atoms with Crippen LogP contribution in [-0.4, -0.2) is 51.5 Å². The van der Waals surface area contributed by atoms with Gasteiger partial charge in [-0.2, -0.15) is 0 Å². The summed E-state index contributed by atoms with van der Waals surface area (Å²) in [5.41, 5.74) is 0.0221. The molecule has 2 N–H and O–H groups in total. The van der Waals surface area contributed by atoms with Gasteiger partial charge >= 0.3 is 0 Å². The summed E-state index contributed by atoms with van der Waals surface area (Å²) in [6.45, 7) is 9.01. The van der Waals surface area contributed by atoms with Crippen LogP contribution < -0.4 is 10.6 Å². The maximum absolute atomic E-state index is 11.8. The largest absolute Gasteiger partial charge is 0.379 e. The predicted octanol–water partition coefficient (Wildman–Crippen LogP) is 0.964. The van der Waals surface area contributed by atoms with E-state index in [1.807, 2.05) is 0 Å². The lowest BCUT2D eigenvalue weighted by Gasteiger charge is -2.30. The van der Waals surface area contributed by atoms with Crippen LogP contribution in [0.5, 0.6) is 0 Å². The van der Waals surface area contributed by atoms with Gasteiger partial charge in [-0.25, -0.2) is 0 Å². The average Bonchev–Trinajstić information content (AvgIpc) is 2.29. The van der Waals surface area contributed by atoms with E-state index in [-0.39, 0.29) is 35.9 Å². The molecule has 0 spiro atoms. The third-order valence-corrected chi connectivity index (χ3v) is 3.17. The number of carbonyl (C=O) groups is 1. The van der Waals surface area contributed by atoms with Gasteiger partial charge in [0.2, 0.25) is 5.91 Å². The molecule has 1 amide bonds. The molecule has 0 radical (unpaired) electrons. The summed E-state index contributed by atoms with van der Waals surface area (Å²) in [6, 6.07) is 0.134. The van der Waals surface area contributed by atoms with Crippen molar-refractivity contribution in [3.63, 3.8) is 0 Å². The monoisotopic (exact) mass is 294 g/mol. The first-order chi connectivity index (χ1) is 8.43. The molecule has 5 nitrogen and oxygen atoms in total. The number of morpholine rings is 1. The Labute approximate surface area is 122 Å². The fourth-order valence-corrected chi connectivity index (χ4v) is 2.00. The van der Waals surface area contributed by atoms with Gasteiger partial charge in [0.25, 0.3) is 0 Å². The number of methoxy groups -OCH3 is 1. The quantitative estimate of drug-likeness (QED) is 0.793. The molecule has 1 rings (SSSR count). The van der Waals surface area contributed by atoms with E-state index < -0.39 is 0 Å². The third kappa shape index (κ3) is 7.11. The molecule has 0 aromatic carbocycles. The molecule has 0 aromatic rings. The molecule has 0 aliphatic carbocycles. The molecular formula is C13H27ClN2O3. The van der Waals surface area contributed by atoms with Crippen molar-refractivity contribution in [3.05, 3.63) is 0 Å². The minimum Gasteiger partial charge on any atom is -0.379 e. The van der Waals surface area contributed by atoms with Gasteiger partial charge in [0.05, 0.1) is 19.3 Å². The van der Waals surface area contributed by atoms with E-state index >= 15 is 0 Å². The number of hydrogen-bond donors (Lipinski definition) is 2. The highest BCUT2D eigenvalue weighted by molar-refractivity contribution is 5.85. The summed E-state index contributed by atoms with van der Waals surface area (Å²) in [4.78, 5) is 11.8. The summed E-state index contributed by atoms with van der Waals surface area (Å²) in [5, 5.41) is 6.19. The van der Waals surface area contributed by atoms with Crippen LogP contribution in [-0.2, 0) is 14.3 Å². The maximum Gasteiger partial charge on any atom is 0.221 e. The Morgan fingerprint density at radius 2 is 2.21 bits per heavy atom. The van der Waals surface area contributed by atoms with Gasteiger partial charge in [-0.1, -0.05) is 20.8 Å². The molecule has 19 heavy (non-hydrogen) atoms. The average molecular weight is 295 g/mol. The van der Waals surface area contributed by atoms with Crippen molar-refractivity contribution in [3.8, 4) is 0 Å². The van der Waals surface area contributed by atoms with Gasteiger partial charge < -0.3 is 20.1 Å². The first-order valence-electron chi connectivity index (χ1n) is 6.54. The van der Waals surface area contributed by atoms with E-state index in [2.05, 4.69) is 31.4 Å². The summed E-state index contributed by atoms with van der Waals surface area (Å²) in [6.07, 6.45) is 0.484. The van der Waals surface area contributed by atoms with E-state index in [0.29, 0.717) is 19.6 Å². The molecule has 1 heterocycles. The van der Waals surface area contributed by atoms with Crippen molar-refractivity contribution in [1.29, 1.82) is 0 Å². The Bertz CT molecular complexity index is 263. The summed E-state index contributed by atoms with van der Waals surface area (Å²) >= 11 is 0. The molecule has 1 aliphatic heterocycles. The van der Waals surface area contributed by atoms with Crippen molar-refractivity contribution < 1.29 is 14.3 Å². The lowest BCUT2D eigenvalue weighted by atomic mass is 9.89. The van der Waals surface area contributed by atoms with Gasteiger partial charge in [0, 0.05) is 32.7 Å². The molecule has 0 saturated carbocycles. The minimum absolute atomic E-state index is 0. The van der Waals surface area contributed by atoms with E-state index in [0.717, 1.165) is 13.2 Å². The molecule has 1 aliphatic rings. The second-order valence-electron chi connectivity index (χ2n) is 5.82. The summed E-state index contributed by atoms with van der Waals surface area (Å²) in [5.74, 6) is 0.0456. The third-order valence-electron chi connectivity index (χ3n) is 3.17. The van der Waals surface area contributed by atoms with Crippen molar-refractivity contribution in [2.24, 2.45) is 5.41 Å². The van der Waals surface area contributed by atoms with Gasteiger partial charge in [0.15, 0.2) is 0 Å². The van der Waals surface area contributed by atoms with Crippen molar-refractivity contribution >= 4 is 18.3 Å². The SMILES string of the molecule is COC(CNC(=O)CC1COCCN1)C(C)(C)C.Cl. The number of rotatable bonds is 5. The van der Waals surface area contributed by atoms with Crippen molar-refractivity contribution in [2.45, 2.75) is 39.3 Å². The zero-order valence-electron chi connectivity index (χ0n) is 12.3. The van der Waals surface area contributed by atoms with Crippen LogP contribution >= 0.6 is 12.4 Å². The highest BCUT2D eigenvalue weighted by Gasteiger charge is 2.25. The highest BCUT2D eigenvalue weighted by Crippen LogP contribution is 2.20. The zero-order valence-corrected chi connectivity index (χ0v) is 13.1. The summed E-state index contributed by atoms with van der Waals surface area (Å²) < 4.78 is 10.7. The van der Waals surface area contributed by atoms with Crippen LogP contribution in [0.4, 0.5) is 0 Å². The van der Waals surface area contributed by atoms with Crippen LogP contribution in [0.2, 0.25) is 0 Å². The molecule has 2 unspecified atom stereocenters. The molecule has 1 fully saturated rings. The maximum atomic E-state index is 11.8. The van der Waals surface area contributed by atoms with Crippen LogP contribution in [0.1, 0.15) is 27.2 Å². The summed E-state index contributed by atoms with van der Waals surface area (Å²) in [7, 11) is 1.68. The molecule has 0 bridgehead atoms. The van der Waals surface area contributed by atoms with E-state index in [1.54, 1.807) is 7.11 Å². The lowest BCUT2D eigenvalue weighted by Crippen LogP contribution is -2.46. The molecule has 2 atom stereocenters. The highest BCUT2D eigenvalue weighted by atomic mass is 35.5. The second-order valence-corrected chi connectivity index (χ2v) is 5.82. The van der Waals surface area contributed by atoms with E-state index in [9.17, 15) is 4.79 Å². The van der Waals surface area contributed by atoms with Gasteiger partial charge in [-0.05, 0) is 5.41 Å². The fraction of sp³-hybridized carbons (Fsp3) is 0.923. The molecule has 114 valence electrons. The van der Waals surface area contributed by atoms with E-state index in [4.69, 9.17) is 9.47 Å². The Kier molecular flexibility index (Phi) is 8.57. The molecular weight excluding hydrogens is 268 g/mol. The smallest absolute Gasteiger partial charge is 0.221 e. The Morgan fingerprint density at radius 1 is 1.53 bits per heavy atom. The number of ether oxygens (including phenoxy) is 2. The first-order valence-corrected chi connectivity index (χ1v) is 6.54. The van der Waals surface area contributed by atoms with Crippen LogP contribution in [0.25, 0.3) is 0 Å². The fourth-order valence-electron chi connectivity index (χ4n) is 2.00. The Morgan fingerprint density at radius 3 is 2.68 bits per heavy atom. The normalized spacial score (nSPS) is 21.4. The standard InChI is InChI=1S/C13H26N2O3.ClH/c1-13(2,3)11(17-4)8-15-12(16)7-10-9-18-6-5-14-10;/h10-11,14H,5-9H2,1-4H3,(H,15,16);1H. The second kappa shape index (κ2) is 8.74. The van der Waals surface area contributed by atoms with Gasteiger partial charge in [-0.15, -0.1) is 12.4 Å². The molecule has 0 aromatic heterocycles. The Hall–Kier alpha value is -0.360. The van der Waals surface area contributed by atoms with Crippen LogP contribution in [0.15, 0.2) is 0 Å². The topological polar surface area (TPSA) is 59.6 Å². The van der Waals surface area contributed by atoms with Crippen LogP contribution in [0.3, 0.4) is 0 Å². The van der Waals surface area contributed by atoms with Crippen molar-refractivity contribution in [1.82, 2.24) is 10.6 Å². The van der Waals surface area contributed by atoms with Gasteiger partial charge in [-0.3, -0.25) is 4.79 Å². The number of halogens is 1. The minimum atomic E-state index is 0. The number of carbonyl (C=O) groups excluding carboxylic acids is 1. The van der Waals surface area contributed by atoms with E-state index in [1.165, 1.54) is 0 Å². The van der Waals surface area contributed by atoms with Crippen molar-refractivity contribution in [2.75, 3.05) is 33.4 Å². The van der Waals surface area contributed by atoms with Gasteiger partial charge in [0.1, 0.15) is 0 Å². The predicted molar refractivity (Wildman–Crippen MR) is 77.7 cm³/mol. The lowest BCUT2D eigenvalue weighted by molar-refractivity contribution is -0.123. The first kappa shape index (κ1) is 18.6. The number of amides is 1. The molecule has 1 saturated heterocycles. The molecule has 6 heteroatoms.